The molecule has 0 aliphatic rings. The van der Waals surface area contributed by atoms with Crippen LogP contribution >= 0.6 is 7.41 Å². The summed E-state index contributed by atoms with van der Waals surface area (Å²) in [6.07, 6.45) is 29.7. The van der Waals surface area contributed by atoms with E-state index in [1.54, 1.807) is 0 Å². The summed E-state index contributed by atoms with van der Waals surface area (Å²) in [5.41, 5.74) is 7.06. The second-order valence-electron chi connectivity index (χ2n) is 8.92. The SMILES string of the molecule is CCCCCCCC[PH](N)(CCCCCCCC)CCCCCCCC.[OH][Fe]. The Bertz CT molecular complexity index is 239. The standard InChI is InChI=1S/C24H54NP.Fe.H2O/c1-4-7-10-13-16-19-22-26(25,23-20-17-14-11-8-5-2)24-21-18-15-12-9-6-3;;/h26H,4-25H2,1-3H3;;1H2/q;+1;/p-1. The second kappa shape index (κ2) is 25.9. The molecule has 0 aromatic heterocycles. The average Bonchev–Trinajstić information content (AvgIpc) is 2.71. The van der Waals surface area contributed by atoms with Crippen molar-refractivity contribution in [2.45, 2.75) is 136 Å². The molecule has 28 heavy (non-hydrogen) atoms. The van der Waals surface area contributed by atoms with E-state index in [2.05, 4.69) is 37.1 Å². The fraction of sp³-hybridized carbons (Fsp3) is 1.00. The van der Waals surface area contributed by atoms with E-state index >= 15 is 0 Å². The first-order valence-corrected chi connectivity index (χ1v) is 15.8. The molecule has 0 aromatic rings. The first kappa shape index (κ1) is 31.1. The van der Waals surface area contributed by atoms with Gasteiger partial charge in [-0.1, -0.05) is 0 Å². The van der Waals surface area contributed by atoms with Crippen molar-refractivity contribution in [1.82, 2.24) is 0 Å². The van der Waals surface area contributed by atoms with Crippen LogP contribution in [0.15, 0.2) is 0 Å². The summed E-state index contributed by atoms with van der Waals surface area (Å²) in [6.45, 7) is 6.91. The summed E-state index contributed by atoms with van der Waals surface area (Å²) in [5, 5.41) is 0. The molecular weight excluding hydrogens is 405 g/mol. The van der Waals surface area contributed by atoms with Gasteiger partial charge in [0.2, 0.25) is 0 Å². The minimum absolute atomic E-state index is 1.35. The zero-order valence-electron chi connectivity index (χ0n) is 19.7. The van der Waals surface area contributed by atoms with E-state index in [0.29, 0.717) is 0 Å². The molecular formula is C24H55FeNOP. The Morgan fingerprint density at radius 2 is 0.679 bits per heavy atom. The van der Waals surface area contributed by atoms with E-state index in [4.69, 9.17) is 9.69 Å². The van der Waals surface area contributed by atoms with Crippen molar-refractivity contribution in [3.63, 3.8) is 0 Å². The van der Waals surface area contributed by atoms with Crippen molar-refractivity contribution >= 4 is 7.41 Å². The van der Waals surface area contributed by atoms with E-state index in [1.807, 2.05) is 0 Å². The molecule has 4 heteroatoms. The van der Waals surface area contributed by atoms with Gasteiger partial charge in [-0.05, 0) is 0 Å². The Morgan fingerprint density at radius 3 is 0.929 bits per heavy atom. The summed E-state index contributed by atoms with van der Waals surface area (Å²) in [5.74, 6) is 0. The molecule has 0 atom stereocenters. The van der Waals surface area contributed by atoms with E-state index < -0.39 is 7.41 Å². The van der Waals surface area contributed by atoms with Crippen molar-refractivity contribution in [2.75, 3.05) is 18.5 Å². The summed E-state index contributed by atoms with van der Waals surface area (Å²) < 4.78 is 6.75. The maximum atomic E-state index is 7.06. The molecule has 0 aromatic carbocycles. The van der Waals surface area contributed by atoms with Crippen LogP contribution in [0.4, 0.5) is 0 Å². The third-order valence-electron chi connectivity index (χ3n) is 6.08. The number of nitrogens with two attached hydrogens (primary N) is 1. The van der Waals surface area contributed by atoms with E-state index in [0.717, 1.165) is 0 Å². The van der Waals surface area contributed by atoms with Crippen LogP contribution in [0.3, 0.4) is 0 Å². The monoisotopic (exact) mass is 460 g/mol. The molecule has 0 unspecified atom stereocenters. The first-order valence-electron chi connectivity index (χ1n) is 12.6. The molecule has 175 valence electrons. The zero-order valence-corrected chi connectivity index (χ0v) is 21.8. The minimum atomic E-state index is -1.45. The predicted octanol–water partition coefficient (Wildman–Crippen LogP) is 8.13. The van der Waals surface area contributed by atoms with Crippen LogP contribution in [0, 0.1) is 0 Å². The molecule has 2 nitrogen and oxygen atoms in total. The molecule has 0 aliphatic carbocycles. The van der Waals surface area contributed by atoms with Gasteiger partial charge in [-0.15, -0.1) is 0 Å². The third kappa shape index (κ3) is 23.2. The summed E-state index contributed by atoms with van der Waals surface area (Å²) >= 11 is 2.25. The van der Waals surface area contributed by atoms with Gasteiger partial charge in [-0.25, -0.2) is 0 Å². The number of rotatable bonds is 21. The van der Waals surface area contributed by atoms with Gasteiger partial charge in [0.25, 0.3) is 0 Å². The van der Waals surface area contributed by atoms with Crippen molar-refractivity contribution < 1.29 is 20.5 Å². The van der Waals surface area contributed by atoms with Gasteiger partial charge in [-0.3, -0.25) is 0 Å². The summed E-state index contributed by atoms with van der Waals surface area (Å²) in [4.78, 5) is 0. The molecule has 0 bridgehead atoms. The molecule has 0 saturated heterocycles. The van der Waals surface area contributed by atoms with Crippen LogP contribution in [-0.2, 0) is 16.3 Å². The number of hydrogen-bond donors (Lipinski definition) is 2. The van der Waals surface area contributed by atoms with Crippen molar-refractivity contribution in [1.29, 1.82) is 0 Å². The van der Waals surface area contributed by atoms with Gasteiger partial charge in [0.15, 0.2) is 0 Å². The van der Waals surface area contributed by atoms with Crippen molar-refractivity contribution in [3.8, 4) is 0 Å². The molecule has 3 N–H and O–H groups in total. The van der Waals surface area contributed by atoms with E-state index in [9.17, 15) is 0 Å². The Morgan fingerprint density at radius 1 is 0.464 bits per heavy atom. The topological polar surface area (TPSA) is 46.2 Å². The van der Waals surface area contributed by atoms with Gasteiger partial charge in [0.1, 0.15) is 0 Å². The van der Waals surface area contributed by atoms with E-state index in [1.165, 1.54) is 134 Å². The molecule has 0 spiro atoms. The molecule has 0 saturated carbocycles. The van der Waals surface area contributed by atoms with Gasteiger partial charge < -0.3 is 0 Å². The van der Waals surface area contributed by atoms with Gasteiger partial charge in [0, 0.05) is 0 Å². The molecule has 0 aliphatic heterocycles. The Balaban J connectivity index is 0. The quantitative estimate of drug-likeness (QED) is 0.103. The van der Waals surface area contributed by atoms with Crippen LogP contribution in [0.2, 0.25) is 0 Å². The third-order valence-corrected chi connectivity index (χ3v) is 10.1. The summed E-state index contributed by atoms with van der Waals surface area (Å²) in [7, 11) is -1.45. The number of hydrogen-bond acceptors (Lipinski definition) is 2. The normalized spacial score (nSPS) is 11.9. The van der Waals surface area contributed by atoms with Gasteiger partial charge in [0.05, 0.1) is 0 Å². The van der Waals surface area contributed by atoms with Crippen molar-refractivity contribution in [3.05, 3.63) is 0 Å². The van der Waals surface area contributed by atoms with E-state index in [-0.39, 0.29) is 0 Å². The fourth-order valence-electron chi connectivity index (χ4n) is 4.15. The zero-order chi connectivity index (χ0) is 21.3. The first-order chi connectivity index (χ1) is 13.7. The second-order valence-corrected chi connectivity index (χ2v) is 13.1. The molecule has 0 rings (SSSR count). The van der Waals surface area contributed by atoms with Crippen LogP contribution < -0.4 is 5.50 Å². The van der Waals surface area contributed by atoms with Crippen LogP contribution in [0.5, 0.6) is 0 Å². The predicted molar refractivity (Wildman–Crippen MR) is 129 cm³/mol. The Kier molecular flexibility index (Phi) is 28.7. The van der Waals surface area contributed by atoms with Crippen LogP contribution in [0.1, 0.15) is 136 Å². The molecule has 0 amide bonds. The summed E-state index contributed by atoms with van der Waals surface area (Å²) in [6, 6.07) is 0. The Hall–Kier alpha value is 0.869. The molecule has 0 radical (unpaired) electrons. The van der Waals surface area contributed by atoms with Gasteiger partial charge in [-0.2, -0.15) is 0 Å². The Labute approximate surface area is 188 Å². The molecule has 0 fully saturated rings. The van der Waals surface area contributed by atoms with Crippen LogP contribution in [-0.4, -0.2) is 22.7 Å². The van der Waals surface area contributed by atoms with Gasteiger partial charge >= 0.3 is 188 Å². The average molecular weight is 461 g/mol. The number of unbranched alkanes of at least 4 members (excludes halogenated alkanes) is 15. The van der Waals surface area contributed by atoms with Crippen molar-refractivity contribution in [2.24, 2.45) is 5.50 Å². The van der Waals surface area contributed by atoms with Crippen LogP contribution in [0.25, 0.3) is 0 Å². The molecule has 0 heterocycles. The maximum absolute atomic E-state index is 7.06. The fourth-order valence-corrected chi connectivity index (χ4v) is 7.76.